The minimum Gasteiger partial charge on any atom is -0.444 e. The van der Waals surface area contributed by atoms with Crippen molar-refractivity contribution in [1.82, 2.24) is 14.9 Å². The molecule has 1 amide bonds. The number of fused-ring (bicyclic) bond motifs is 1. The van der Waals surface area contributed by atoms with Crippen LogP contribution in [0.3, 0.4) is 0 Å². The molecule has 1 aliphatic heterocycles. The monoisotopic (exact) mass is 501 g/mol. The highest BCUT2D eigenvalue weighted by atomic mass is 127. The number of carbonyl (C=O) groups excluding carboxylic acids is 1. The molecule has 110 valence electrons. The molecule has 2 unspecified atom stereocenters. The minimum atomic E-state index is -0.458. The number of hydrogen-bond acceptors (Lipinski definition) is 3. The van der Waals surface area contributed by atoms with Gasteiger partial charge in [0.15, 0.2) is 0 Å². The quantitative estimate of drug-likeness (QED) is 0.598. The summed E-state index contributed by atoms with van der Waals surface area (Å²) in [7, 11) is 0. The van der Waals surface area contributed by atoms with Crippen LogP contribution in [0.2, 0.25) is 0 Å². The van der Waals surface area contributed by atoms with Crippen LogP contribution in [0, 0.1) is 13.3 Å². The van der Waals surface area contributed by atoms with Gasteiger partial charge in [0, 0.05) is 6.04 Å². The van der Waals surface area contributed by atoms with Crippen LogP contribution in [0.15, 0.2) is 0 Å². The fraction of sp³-hybridized carbons (Fsp3) is 0.692. The maximum Gasteiger partial charge on any atom is 0.411 e. The van der Waals surface area contributed by atoms with E-state index < -0.39 is 5.60 Å². The fourth-order valence-corrected chi connectivity index (χ4v) is 3.57. The van der Waals surface area contributed by atoms with Gasteiger partial charge in [0.1, 0.15) is 18.8 Å². The first-order chi connectivity index (χ1) is 9.26. The standard InChI is InChI=1S/C13H17I2N3O2/c1-13(2,3)20-12(19)18-7-4-6(7)5-8(18)11-16-9(14)10(15)17-11/h6-8H,4-5H2,1-3H3,(H,16,17)/t6?,7?,8-/m0/s1. The number of nitrogens with one attached hydrogen (secondary N) is 1. The number of nitrogens with zero attached hydrogens (tertiary/aromatic N) is 2. The van der Waals surface area contributed by atoms with Gasteiger partial charge < -0.3 is 9.72 Å². The van der Waals surface area contributed by atoms with Crippen molar-refractivity contribution in [3.63, 3.8) is 0 Å². The van der Waals surface area contributed by atoms with Crippen molar-refractivity contribution in [3.05, 3.63) is 13.2 Å². The normalized spacial score (nSPS) is 28.4. The van der Waals surface area contributed by atoms with Crippen molar-refractivity contribution in [2.24, 2.45) is 5.92 Å². The molecule has 1 saturated heterocycles. The molecule has 1 aliphatic carbocycles. The number of ether oxygens (including phenoxy) is 1. The van der Waals surface area contributed by atoms with E-state index in [-0.39, 0.29) is 12.1 Å². The van der Waals surface area contributed by atoms with Gasteiger partial charge in [-0.2, -0.15) is 0 Å². The van der Waals surface area contributed by atoms with Crippen molar-refractivity contribution in [3.8, 4) is 0 Å². The van der Waals surface area contributed by atoms with E-state index >= 15 is 0 Å². The number of piperidine rings is 1. The van der Waals surface area contributed by atoms with Gasteiger partial charge in [-0.15, -0.1) is 0 Å². The molecule has 1 N–H and O–H groups in total. The Morgan fingerprint density at radius 3 is 2.65 bits per heavy atom. The average Bonchev–Trinajstić information content (AvgIpc) is 2.82. The van der Waals surface area contributed by atoms with Crippen molar-refractivity contribution in [2.75, 3.05) is 0 Å². The lowest BCUT2D eigenvalue weighted by Gasteiger charge is -2.29. The number of amides is 1. The number of aromatic amines is 1. The number of carbonyl (C=O) groups is 1. The van der Waals surface area contributed by atoms with Gasteiger partial charge in [0.2, 0.25) is 0 Å². The Labute approximate surface area is 145 Å². The van der Waals surface area contributed by atoms with E-state index in [1.165, 1.54) is 0 Å². The predicted molar refractivity (Wildman–Crippen MR) is 91.3 cm³/mol. The summed E-state index contributed by atoms with van der Waals surface area (Å²) < 4.78 is 7.54. The summed E-state index contributed by atoms with van der Waals surface area (Å²) in [5.74, 6) is 1.50. The van der Waals surface area contributed by atoms with E-state index in [2.05, 4.69) is 55.1 Å². The molecule has 3 rings (SSSR count). The molecule has 1 aromatic heterocycles. The van der Waals surface area contributed by atoms with Gasteiger partial charge in [-0.05, 0) is 84.7 Å². The highest BCUT2D eigenvalue weighted by Gasteiger charge is 2.56. The molecule has 0 bridgehead atoms. The Morgan fingerprint density at radius 1 is 1.40 bits per heavy atom. The Morgan fingerprint density at radius 2 is 2.10 bits per heavy atom. The second kappa shape index (κ2) is 4.99. The van der Waals surface area contributed by atoms with E-state index in [0.717, 1.165) is 26.1 Å². The van der Waals surface area contributed by atoms with Gasteiger partial charge in [-0.25, -0.2) is 9.78 Å². The molecular weight excluding hydrogens is 484 g/mol. The third kappa shape index (κ3) is 2.79. The van der Waals surface area contributed by atoms with Gasteiger partial charge in [0.05, 0.1) is 6.04 Å². The largest absolute Gasteiger partial charge is 0.444 e. The number of halogens is 2. The summed E-state index contributed by atoms with van der Waals surface area (Å²) in [4.78, 5) is 22.2. The minimum absolute atomic E-state index is 0.0330. The van der Waals surface area contributed by atoms with Crippen LogP contribution in [-0.2, 0) is 4.74 Å². The number of hydrogen-bond donors (Lipinski definition) is 1. The zero-order valence-electron chi connectivity index (χ0n) is 11.6. The second-order valence-electron chi connectivity index (χ2n) is 6.43. The Bertz CT molecular complexity index is 533. The van der Waals surface area contributed by atoms with Crippen LogP contribution in [-0.4, -0.2) is 32.6 Å². The van der Waals surface area contributed by atoms with E-state index in [9.17, 15) is 4.79 Å². The summed E-state index contributed by atoms with van der Waals surface area (Å²) in [6.45, 7) is 5.71. The number of rotatable bonds is 1. The molecule has 0 aromatic carbocycles. The number of likely N-dealkylation sites (tertiary alicyclic amines) is 1. The Balaban J connectivity index is 1.82. The molecular formula is C13H17I2N3O2. The molecule has 3 atom stereocenters. The van der Waals surface area contributed by atoms with E-state index in [0.29, 0.717) is 12.0 Å². The lowest BCUT2D eigenvalue weighted by atomic mass is 10.1. The number of H-pyrrole nitrogens is 1. The summed E-state index contributed by atoms with van der Waals surface area (Å²) in [5.41, 5.74) is -0.458. The van der Waals surface area contributed by atoms with Crippen molar-refractivity contribution < 1.29 is 9.53 Å². The fourth-order valence-electron chi connectivity index (χ4n) is 2.78. The molecule has 1 saturated carbocycles. The first-order valence-corrected chi connectivity index (χ1v) is 8.84. The molecule has 7 heteroatoms. The summed E-state index contributed by atoms with van der Waals surface area (Å²) in [5, 5.41) is 0. The highest BCUT2D eigenvalue weighted by molar-refractivity contribution is 14.1. The van der Waals surface area contributed by atoms with Crippen LogP contribution in [0.5, 0.6) is 0 Å². The maximum absolute atomic E-state index is 12.4. The third-order valence-electron chi connectivity index (χ3n) is 3.66. The Kier molecular flexibility index (Phi) is 3.71. The van der Waals surface area contributed by atoms with Gasteiger partial charge in [0.25, 0.3) is 0 Å². The van der Waals surface area contributed by atoms with E-state index in [4.69, 9.17) is 4.74 Å². The number of aromatic nitrogens is 2. The van der Waals surface area contributed by atoms with Crippen molar-refractivity contribution in [2.45, 2.75) is 51.3 Å². The first-order valence-electron chi connectivity index (χ1n) is 6.68. The van der Waals surface area contributed by atoms with Crippen LogP contribution in [0.4, 0.5) is 4.79 Å². The van der Waals surface area contributed by atoms with Gasteiger partial charge >= 0.3 is 6.09 Å². The molecule has 2 aliphatic rings. The molecule has 1 aromatic rings. The molecule has 2 fully saturated rings. The molecule has 2 heterocycles. The second-order valence-corrected chi connectivity index (χ2v) is 8.53. The third-order valence-corrected chi connectivity index (χ3v) is 6.26. The van der Waals surface area contributed by atoms with Gasteiger partial charge in [-0.1, -0.05) is 0 Å². The van der Waals surface area contributed by atoms with Crippen molar-refractivity contribution in [1.29, 1.82) is 0 Å². The summed E-state index contributed by atoms with van der Waals surface area (Å²) in [6, 6.07) is 0.376. The Hall–Kier alpha value is -0.0600. The van der Waals surface area contributed by atoms with E-state index in [1.54, 1.807) is 0 Å². The zero-order valence-corrected chi connectivity index (χ0v) is 15.9. The van der Waals surface area contributed by atoms with Crippen LogP contribution < -0.4 is 0 Å². The summed E-state index contributed by atoms with van der Waals surface area (Å²) >= 11 is 4.44. The molecule has 5 nitrogen and oxygen atoms in total. The lowest BCUT2D eigenvalue weighted by Crippen LogP contribution is -2.38. The highest BCUT2D eigenvalue weighted by Crippen LogP contribution is 2.53. The summed E-state index contributed by atoms with van der Waals surface area (Å²) in [6.07, 6.45) is 1.88. The topological polar surface area (TPSA) is 58.2 Å². The number of imidazole rings is 1. The van der Waals surface area contributed by atoms with Crippen LogP contribution in [0.1, 0.15) is 45.5 Å². The lowest BCUT2D eigenvalue weighted by molar-refractivity contribution is 0.0175. The molecule has 0 radical (unpaired) electrons. The maximum atomic E-state index is 12.4. The van der Waals surface area contributed by atoms with Crippen LogP contribution >= 0.6 is 45.2 Å². The van der Waals surface area contributed by atoms with Gasteiger partial charge in [-0.3, -0.25) is 4.90 Å². The van der Waals surface area contributed by atoms with Crippen molar-refractivity contribution >= 4 is 51.3 Å². The first kappa shape index (κ1) is 14.9. The van der Waals surface area contributed by atoms with E-state index in [1.807, 2.05) is 25.7 Å². The zero-order chi connectivity index (χ0) is 14.7. The predicted octanol–water partition coefficient (Wildman–Crippen LogP) is 3.69. The average molecular weight is 501 g/mol. The molecule has 20 heavy (non-hydrogen) atoms. The van der Waals surface area contributed by atoms with Crippen LogP contribution in [0.25, 0.3) is 0 Å². The smallest absolute Gasteiger partial charge is 0.411 e. The SMILES string of the molecule is CC(C)(C)OC(=O)N1C2CC2C[C@H]1c1nc(I)c(I)[nH]1. The molecule has 0 spiro atoms.